The van der Waals surface area contributed by atoms with Gasteiger partial charge in [0.2, 0.25) is 5.71 Å². The Morgan fingerprint density at radius 2 is 1.89 bits per heavy atom. The van der Waals surface area contributed by atoms with E-state index in [1.807, 2.05) is 0 Å². The number of hydrogen-bond donors (Lipinski definition) is 1. The molecule has 2 aromatic rings. The average molecular weight is 377 g/mol. The highest BCUT2D eigenvalue weighted by Gasteiger charge is 2.21. The Kier molecular flexibility index (Phi) is 8.51. The van der Waals surface area contributed by atoms with Crippen LogP contribution in [0.15, 0.2) is 15.5 Å². The Labute approximate surface area is 160 Å². The largest absolute Gasteiger partial charge is 0.442 e. The van der Waals surface area contributed by atoms with Gasteiger partial charge in [-0.15, -0.1) is 0 Å². The van der Waals surface area contributed by atoms with Crippen molar-refractivity contribution in [3.05, 3.63) is 28.0 Å². The predicted molar refractivity (Wildman–Crippen MR) is 105 cm³/mol. The monoisotopic (exact) mass is 377 g/mol. The zero-order valence-corrected chi connectivity index (χ0v) is 16.7. The quantitative estimate of drug-likeness (QED) is 0.573. The molecule has 0 atom stereocenters. The van der Waals surface area contributed by atoms with Crippen LogP contribution in [0, 0.1) is 6.92 Å². The van der Waals surface area contributed by atoms with Gasteiger partial charge in [0.05, 0.1) is 5.56 Å². The third-order valence-electron chi connectivity index (χ3n) is 4.57. The van der Waals surface area contributed by atoms with Gasteiger partial charge in [0.1, 0.15) is 17.5 Å². The first-order valence-electron chi connectivity index (χ1n) is 9.87. The number of nitrogens with zero attached hydrogens (tertiary/aromatic N) is 2. The molecule has 1 amide bonds. The summed E-state index contributed by atoms with van der Waals surface area (Å²) in [6.45, 7) is 5.76. The number of unbranched alkanes of at least 4 members (excludes halogenated alkanes) is 5. The summed E-state index contributed by atoms with van der Waals surface area (Å²) in [7, 11) is 1.60. The lowest BCUT2D eigenvalue weighted by atomic mass is 10.1. The molecule has 0 spiro atoms. The third-order valence-corrected chi connectivity index (χ3v) is 4.57. The van der Waals surface area contributed by atoms with Crippen LogP contribution in [-0.4, -0.2) is 35.2 Å². The number of aryl methyl sites for hydroxylation is 2. The lowest BCUT2D eigenvalue weighted by Gasteiger charge is -2.06. The van der Waals surface area contributed by atoms with E-state index < -0.39 is 0 Å². The fourth-order valence-corrected chi connectivity index (χ4v) is 3.01. The smallest absolute Gasteiger partial charge is 0.265 e. The second kappa shape index (κ2) is 10.9. The maximum absolute atomic E-state index is 12.5. The van der Waals surface area contributed by atoms with Crippen molar-refractivity contribution >= 4 is 17.0 Å². The van der Waals surface area contributed by atoms with E-state index in [0.717, 1.165) is 19.4 Å². The number of aromatic nitrogens is 2. The number of rotatable bonds is 12. The van der Waals surface area contributed by atoms with Gasteiger partial charge in [-0.2, -0.15) is 0 Å². The molecule has 0 aliphatic carbocycles. The van der Waals surface area contributed by atoms with E-state index >= 15 is 0 Å². The van der Waals surface area contributed by atoms with Crippen LogP contribution in [0.5, 0.6) is 0 Å². The van der Waals surface area contributed by atoms with Crippen LogP contribution in [0.1, 0.15) is 68.0 Å². The van der Waals surface area contributed by atoms with Crippen molar-refractivity contribution in [2.75, 3.05) is 19.8 Å². The number of carbonyl (C=O) groups excluding carboxylic acids is 1. The van der Waals surface area contributed by atoms with Crippen LogP contribution in [0.25, 0.3) is 11.1 Å². The molecule has 2 rings (SSSR count). The lowest BCUT2D eigenvalue weighted by molar-refractivity contribution is 0.0940. The molecule has 0 aliphatic heterocycles. The van der Waals surface area contributed by atoms with Crippen LogP contribution >= 0.6 is 0 Å². The Morgan fingerprint density at radius 3 is 2.67 bits per heavy atom. The van der Waals surface area contributed by atoms with Gasteiger partial charge in [0.25, 0.3) is 11.5 Å². The van der Waals surface area contributed by atoms with Crippen LogP contribution in [0.2, 0.25) is 0 Å². The highest BCUT2D eigenvalue weighted by molar-refractivity contribution is 6.06. The topological polar surface area (TPSA) is 86.4 Å². The molecule has 0 aliphatic rings. The Balaban J connectivity index is 1.71. The molecule has 0 fully saturated rings. The summed E-state index contributed by atoms with van der Waals surface area (Å²) >= 11 is 0. The SMILES string of the molecule is CCCCCCCCOCCCNC(=O)c1c(C)oc2ncn(C)c(=O)c12. The van der Waals surface area contributed by atoms with Gasteiger partial charge >= 0.3 is 0 Å². The van der Waals surface area contributed by atoms with Gasteiger partial charge in [0, 0.05) is 26.8 Å². The molecule has 0 aromatic carbocycles. The van der Waals surface area contributed by atoms with Crippen LogP contribution in [0.3, 0.4) is 0 Å². The summed E-state index contributed by atoms with van der Waals surface area (Å²) in [4.78, 5) is 28.8. The van der Waals surface area contributed by atoms with E-state index in [9.17, 15) is 9.59 Å². The minimum absolute atomic E-state index is 0.197. The summed E-state index contributed by atoms with van der Waals surface area (Å²) in [5.74, 6) is 0.0879. The molecule has 7 heteroatoms. The first kappa shape index (κ1) is 21.2. The number of hydrogen-bond acceptors (Lipinski definition) is 5. The Bertz CT molecular complexity index is 794. The molecular weight excluding hydrogens is 346 g/mol. The molecule has 27 heavy (non-hydrogen) atoms. The maximum atomic E-state index is 12.5. The van der Waals surface area contributed by atoms with Gasteiger partial charge in [0.15, 0.2) is 0 Å². The first-order valence-corrected chi connectivity index (χ1v) is 9.87. The fourth-order valence-electron chi connectivity index (χ4n) is 3.01. The summed E-state index contributed by atoms with van der Waals surface area (Å²) in [5, 5.41) is 3.07. The van der Waals surface area contributed by atoms with Crippen molar-refractivity contribution in [3.63, 3.8) is 0 Å². The van der Waals surface area contributed by atoms with Gasteiger partial charge in [-0.25, -0.2) is 4.98 Å². The molecule has 2 aromatic heterocycles. The van der Waals surface area contributed by atoms with Gasteiger partial charge in [-0.05, 0) is 19.8 Å². The number of ether oxygens (including phenoxy) is 1. The van der Waals surface area contributed by atoms with Gasteiger partial charge in [-0.3, -0.25) is 9.59 Å². The molecular formula is C20H31N3O4. The van der Waals surface area contributed by atoms with E-state index in [-0.39, 0.29) is 28.1 Å². The molecule has 2 heterocycles. The minimum atomic E-state index is -0.313. The maximum Gasteiger partial charge on any atom is 0.265 e. The summed E-state index contributed by atoms with van der Waals surface area (Å²) < 4.78 is 12.4. The Hall–Kier alpha value is -2.15. The van der Waals surface area contributed by atoms with E-state index in [0.29, 0.717) is 18.9 Å². The second-order valence-electron chi connectivity index (χ2n) is 6.86. The van der Waals surface area contributed by atoms with E-state index in [1.165, 1.54) is 43.0 Å². The molecule has 7 nitrogen and oxygen atoms in total. The van der Waals surface area contributed by atoms with Crippen molar-refractivity contribution in [1.82, 2.24) is 14.9 Å². The molecule has 0 saturated heterocycles. The van der Waals surface area contributed by atoms with Crippen molar-refractivity contribution in [3.8, 4) is 0 Å². The average Bonchev–Trinajstić information content (AvgIpc) is 2.99. The van der Waals surface area contributed by atoms with Crippen molar-refractivity contribution in [2.24, 2.45) is 7.05 Å². The van der Waals surface area contributed by atoms with Gasteiger partial charge < -0.3 is 19.0 Å². The number of fused-ring (bicyclic) bond motifs is 1. The predicted octanol–water partition coefficient (Wildman–Crippen LogP) is 3.33. The standard InChI is InChI=1S/C20H31N3O4/c1-4-5-6-7-8-9-12-26-13-10-11-21-18(24)16-15(2)27-19-17(16)20(25)23(3)14-22-19/h14H,4-13H2,1-3H3,(H,21,24). The molecule has 1 N–H and O–H groups in total. The number of amides is 1. The zero-order chi connectivity index (χ0) is 19.6. The minimum Gasteiger partial charge on any atom is -0.442 e. The van der Waals surface area contributed by atoms with E-state index in [4.69, 9.17) is 9.15 Å². The molecule has 0 saturated carbocycles. The van der Waals surface area contributed by atoms with E-state index in [2.05, 4.69) is 17.2 Å². The van der Waals surface area contributed by atoms with Crippen molar-refractivity contribution in [1.29, 1.82) is 0 Å². The van der Waals surface area contributed by atoms with Crippen LogP contribution in [0.4, 0.5) is 0 Å². The summed E-state index contributed by atoms with van der Waals surface area (Å²) in [6, 6.07) is 0. The Morgan fingerprint density at radius 1 is 1.19 bits per heavy atom. The second-order valence-corrected chi connectivity index (χ2v) is 6.86. The van der Waals surface area contributed by atoms with Crippen molar-refractivity contribution < 1.29 is 13.9 Å². The molecule has 0 unspecified atom stereocenters. The molecule has 150 valence electrons. The first-order chi connectivity index (χ1) is 13.1. The van der Waals surface area contributed by atoms with Crippen molar-refractivity contribution in [2.45, 2.75) is 58.8 Å². The summed E-state index contributed by atoms with van der Waals surface area (Å²) in [5.41, 5.74) is 0.180. The highest BCUT2D eigenvalue weighted by atomic mass is 16.5. The number of nitrogens with one attached hydrogen (secondary N) is 1. The highest BCUT2D eigenvalue weighted by Crippen LogP contribution is 2.20. The lowest BCUT2D eigenvalue weighted by Crippen LogP contribution is -2.27. The molecule has 0 radical (unpaired) electrons. The van der Waals surface area contributed by atoms with Gasteiger partial charge in [-0.1, -0.05) is 39.0 Å². The fraction of sp³-hybridized carbons (Fsp3) is 0.650. The number of carbonyl (C=O) groups is 1. The van der Waals surface area contributed by atoms with Crippen LogP contribution < -0.4 is 10.9 Å². The zero-order valence-electron chi connectivity index (χ0n) is 16.7. The molecule has 0 bridgehead atoms. The normalized spacial score (nSPS) is 11.2. The van der Waals surface area contributed by atoms with E-state index in [1.54, 1.807) is 14.0 Å². The third kappa shape index (κ3) is 5.92. The van der Waals surface area contributed by atoms with Crippen LogP contribution in [-0.2, 0) is 11.8 Å². The number of furan rings is 1. The summed E-state index contributed by atoms with van der Waals surface area (Å²) in [6.07, 6.45) is 9.58.